The second-order valence-electron chi connectivity index (χ2n) is 5.42. The van der Waals surface area contributed by atoms with Gasteiger partial charge in [0.25, 0.3) is 0 Å². The lowest BCUT2D eigenvalue weighted by Crippen LogP contribution is -2.15. The second kappa shape index (κ2) is 7.35. The van der Waals surface area contributed by atoms with Crippen LogP contribution in [0.2, 0.25) is 5.02 Å². The molecule has 0 aliphatic carbocycles. The third-order valence-corrected chi connectivity index (χ3v) is 4.86. The number of benzene rings is 2. The van der Waals surface area contributed by atoms with E-state index in [0.29, 0.717) is 33.7 Å². The van der Waals surface area contributed by atoms with Gasteiger partial charge in [-0.1, -0.05) is 29.8 Å². The van der Waals surface area contributed by atoms with E-state index < -0.39 is 11.1 Å². The van der Waals surface area contributed by atoms with E-state index in [2.05, 4.69) is 10.4 Å². The van der Waals surface area contributed by atoms with E-state index in [1.54, 1.807) is 35.0 Å². The first-order chi connectivity index (χ1) is 12.0. The molecule has 0 aliphatic heterocycles. The molecule has 0 aliphatic rings. The minimum atomic E-state index is -2.43. The second-order valence-corrected chi connectivity index (χ2v) is 6.74. The Morgan fingerprint density at radius 2 is 2.12 bits per heavy atom. The van der Waals surface area contributed by atoms with Crippen LogP contribution in [0.15, 0.2) is 47.5 Å². The van der Waals surface area contributed by atoms with Crippen LogP contribution in [-0.2, 0) is 28.8 Å². The number of fused-ring (bicyclic) bond motifs is 1. The molecule has 0 radical (unpaired) electrons. The lowest BCUT2D eigenvalue weighted by atomic mass is 10.1. The van der Waals surface area contributed by atoms with Crippen LogP contribution in [0.1, 0.15) is 12.5 Å². The molecule has 0 bridgehead atoms. The molecule has 1 N–H and O–H groups in total. The van der Waals surface area contributed by atoms with Crippen molar-refractivity contribution in [1.29, 1.82) is 0 Å². The maximum absolute atomic E-state index is 12.3. The predicted molar refractivity (Wildman–Crippen MR) is 96.4 cm³/mol. The molecule has 0 spiro atoms. The number of nitrogens with one attached hydrogen (secondary N) is 1. The SMILES string of the molecule is CCn1ncc2c(S(=O)[O-])cc(NC(=O)Cc3ccccc3Cl)cc21. The molecular weight excluding hydrogens is 362 g/mol. The van der Waals surface area contributed by atoms with Gasteiger partial charge in [-0.2, -0.15) is 5.10 Å². The summed E-state index contributed by atoms with van der Waals surface area (Å²) in [6, 6.07) is 10.2. The van der Waals surface area contributed by atoms with E-state index in [9.17, 15) is 13.6 Å². The largest absolute Gasteiger partial charge is 0.768 e. The van der Waals surface area contributed by atoms with Gasteiger partial charge in [0.2, 0.25) is 5.91 Å². The molecule has 1 heterocycles. The van der Waals surface area contributed by atoms with E-state index in [1.807, 2.05) is 6.92 Å². The van der Waals surface area contributed by atoms with Crippen molar-refractivity contribution < 1.29 is 13.6 Å². The number of halogens is 1. The van der Waals surface area contributed by atoms with Crippen molar-refractivity contribution >= 4 is 45.2 Å². The monoisotopic (exact) mass is 376 g/mol. The van der Waals surface area contributed by atoms with Gasteiger partial charge in [0.15, 0.2) is 0 Å². The minimum Gasteiger partial charge on any atom is -0.768 e. The average Bonchev–Trinajstić information content (AvgIpc) is 2.99. The van der Waals surface area contributed by atoms with E-state index in [4.69, 9.17) is 11.6 Å². The first-order valence-corrected chi connectivity index (χ1v) is 9.07. The number of hydrogen-bond donors (Lipinski definition) is 1. The summed E-state index contributed by atoms with van der Waals surface area (Å²) >= 11 is 3.63. The molecule has 1 amide bonds. The molecule has 0 fully saturated rings. The maximum atomic E-state index is 12.3. The molecule has 1 atom stereocenters. The minimum absolute atomic E-state index is 0.0978. The van der Waals surface area contributed by atoms with Crippen LogP contribution in [0.4, 0.5) is 5.69 Å². The Bertz CT molecular complexity index is 971. The Morgan fingerprint density at radius 1 is 1.36 bits per heavy atom. The number of aryl methyl sites for hydroxylation is 1. The average molecular weight is 377 g/mol. The third kappa shape index (κ3) is 3.73. The summed E-state index contributed by atoms with van der Waals surface area (Å²) in [4.78, 5) is 12.4. The normalized spacial score (nSPS) is 12.3. The van der Waals surface area contributed by atoms with Crippen molar-refractivity contribution in [3.8, 4) is 0 Å². The van der Waals surface area contributed by atoms with Gasteiger partial charge in [0.1, 0.15) is 0 Å². The Morgan fingerprint density at radius 3 is 2.80 bits per heavy atom. The zero-order chi connectivity index (χ0) is 18.0. The van der Waals surface area contributed by atoms with Gasteiger partial charge in [0.05, 0.1) is 18.1 Å². The van der Waals surface area contributed by atoms with Gasteiger partial charge in [-0.3, -0.25) is 13.7 Å². The van der Waals surface area contributed by atoms with Gasteiger partial charge in [-0.15, -0.1) is 0 Å². The summed E-state index contributed by atoms with van der Waals surface area (Å²) in [5.41, 5.74) is 1.75. The van der Waals surface area contributed by atoms with E-state index in [-0.39, 0.29) is 17.2 Å². The molecule has 8 heteroatoms. The highest BCUT2D eigenvalue weighted by Crippen LogP contribution is 2.26. The van der Waals surface area contributed by atoms with Gasteiger partial charge < -0.3 is 9.87 Å². The smallest absolute Gasteiger partial charge is 0.228 e. The molecule has 1 aromatic heterocycles. The van der Waals surface area contributed by atoms with E-state index >= 15 is 0 Å². The summed E-state index contributed by atoms with van der Waals surface area (Å²) in [7, 11) is 0. The Kier molecular flexibility index (Phi) is 5.17. The standard InChI is InChI=1S/C17H16ClN3O3S/c1-2-21-15-8-12(9-16(25(23)24)13(15)10-19-21)20-17(22)7-11-5-3-4-6-14(11)18/h3-6,8-10H,2,7H2,1H3,(H,20,22)(H,23,24)/p-1. The van der Waals surface area contributed by atoms with Crippen molar-refractivity contribution in [2.75, 3.05) is 5.32 Å². The number of amides is 1. The van der Waals surface area contributed by atoms with Gasteiger partial charge in [0, 0.05) is 27.5 Å². The first-order valence-electron chi connectivity index (χ1n) is 7.61. The number of anilines is 1. The van der Waals surface area contributed by atoms with Crippen LogP contribution in [0.3, 0.4) is 0 Å². The summed E-state index contributed by atoms with van der Waals surface area (Å²) in [6.45, 7) is 2.49. The fourth-order valence-corrected chi connectivity index (χ4v) is 3.39. The molecule has 2 aromatic carbocycles. The number of carbonyl (C=O) groups excluding carboxylic acids is 1. The topological polar surface area (TPSA) is 87.1 Å². The van der Waals surface area contributed by atoms with Crippen LogP contribution in [0.5, 0.6) is 0 Å². The maximum Gasteiger partial charge on any atom is 0.228 e. The highest BCUT2D eigenvalue weighted by atomic mass is 35.5. The van der Waals surface area contributed by atoms with Gasteiger partial charge in [-0.25, -0.2) is 0 Å². The van der Waals surface area contributed by atoms with Crippen LogP contribution in [-0.4, -0.2) is 24.4 Å². The van der Waals surface area contributed by atoms with Crippen LogP contribution >= 0.6 is 11.6 Å². The highest BCUT2D eigenvalue weighted by Gasteiger charge is 2.12. The molecule has 6 nitrogen and oxygen atoms in total. The van der Waals surface area contributed by atoms with Crippen molar-refractivity contribution in [1.82, 2.24) is 9.78 Å². The summed E-state index contributed by atoms with van der Waals surface area (Å²) in [6.07, 6.45) is 1.61. The number of hydrogen-bond acceptors (Lipinski definition) is 4. The van der Waals surface area contributed by atoms with Crippen LogP contribution < -0.4 is 5.32 Å². The molecular formula is C17H15ClN3O3S-. The highest BCUT2D eigenvalue weighted by molar-refractivity contribution is 7.79. The number of carbonyl (C=O) groups is 1. The van der Waals surface area contributed by atoms with E-state index in [1.165, 1.54) is 12.3 Å². The number of rotatable bonds is 5. The zero-order valence-electron chi connectivity index (χ0n) is 13.4. The third-order valence-electron chi connectivity index (χ3n) is 3.80. The molecule has 1 unspecified atom stereocenters. The first kappa shape index (κ1) is 17.6. The zero-order valence-corrected chi connectivity index (χ0v) is 14.9. The van der Waals surface area contributed by atoms with Crippen molar-refractivity contribution in [3.05, 3.63) is 53.2 Å². The Balaban J connectivity index is 1.91. The molecule has 3 rings (SSSR count). The Hall–Kier alpha value is -2.22. The summed E-state index contributed by atoms with van der Waals surface area (Å²) in [5.74, 6) is -0.280. The van der Waals surface area contributed by atoms with Crippen LogP contribution in [0.25, 0.3) is 10.9 Å². The lowest BCUT2D eigenvalue weighted by molar-refractivity contribution is -0.115. The number of aromatic nitrogens is 2. The fourth-order valence-electron chi connectivity index (χ4n) is 2.63. The van der Waals surface area contributed by atoms with Crippen molar-refractivity contribution in [2.24, 2.45) is 0 Å². The van der Waals surface area contributed by atoms with Gasteiger partial charge >= 0.3 is 0 Å². The molecule has 0 saturated heterocycles. The van der Waals surface area contributed by atoms with Crippen LogP contribution in [0, 0.1) is 0 Å². The van der Waals surface area contributed by atoms with Gasteiger partial charge in [-0.05, 0) is 41.8 Å². The van der Waals surface area contributed by atoms with Crippen molar-refractivity contribution in [2.45, 2.75) is 24.8 Å². The fraction of sp³-hybridized carbons (Fsp3) is 0.176. The quantitative estimate of drug-likeness (QED) is 0.693. The van der Waals surface area contributed by atoms with Crippen molar-refractivity contribution in [3.63, 3.8) is 0 Å². The summed E-state index contributed by atoms with van der Waals surface area (Å²) in [5, 5.41) is 7.94. The molecule has 25 heavy (non-hydrogen) atoms. The predicted octanol–water partition coefficient (Wildman–Crippen LogP) is 3.13. The summed E-state index contributed by atoms with van der Waals surface area (Å²) < 4.78 is 24.7. The molecule has 0 saturated carbocycles. The Labute approximate surface area is 152 Å². The molecule has 130 valence electrons. The van der Waals surface area contributed by atoms with E-state index in [0.717, 1.165) is 0 Å². The molecule has 3 aromatic rings. The lowest BCUT2D eigenvalue weighted by Gasteiger charge is -2.12. The number of nitrogens with zero attached hydrogens (tertiary/aromatic N) is 2.